The molecule has 180 valence electrons. The molecule has 12 heteroatoms. The minimum atomic E-state index is -0.639. The van der Waals surface area contributed by atoms with Crippen LogP contribution in [0, 0.1) is 6.92 Å². The van der Waals surface area contributed by atoms with Crippen molar-refractivity contribution in [2.75, 3.05) is 31.9 Å². The van der Waals surface area contributed by atoms with E-state index in [4.69, 9.17) is 14.2 Å². The molecule has 0 saturated carbocycles. The number of carbonyl (C=O) groups is 3. The van der Waals surface area contributed by atoms with Crippen molar-refractivity contribution in [3.05, 3.63) is 21.8 Å². The van der Waals surface area contributed by atoms with E-state index in [1.54, 1.807) is 6.92 Å². The second kappa shape index (κ2) is 11.1. The van der Waals surface area contributed by atoms with Gasteiger partial charge in [0, 0.05) is 12.5 Å². The Balaban J connectivity index is 1.74. The van der Waals surface area contributed by atoms with Crippen LogP contribution in [0.25, 0.3) is 0 Å². The number of thiophene rings is 1. The second-order valence-electron chi connectivity index (χ2n) is 7.82. The van der Waals surface area contributed by atoms with Gasteiger partial charge >= 0.3 is 11.9 Å². The Hall–Kier alpha value is -2.44. The average molecular weight is 497 g/mol. The molecular weight excluding hydrogens is 468 g/mol. The Morgan fingerprint density at radius 2 is 1.97 bits per heavy atom. The standard InChI is InChI=1S/C21H28N4O6S2/c1-11(2)17-23-24-21(25(17)9-13-7-6-8-31-13)32-10-14(26)22-18-15(19(27)29-4)12(3)16(33-18)20(28)30-5/h11,13H,6-10H2,1-5H3,(H,22,26). The van der Waals surface area contributed by atoms with Crippen molar-refractivity contribution < 1.29 is 28.6 Å². The number of nitrogens with zero attached hydrogens (tertiary/aromatic N) is 3. The summed E-state index contributed by atoms with van der Waals surface area (Å²) < 4.78 is 17.4. The largest absolute Gasteiger partial charge is 0.465 e. The summed E-state index contributed by atoms with van der Waals surface area (Å²) in [5.41, 5.74) is 0.546. The zero-order valence-corrected chi connectivity index (χ0v) is 20.9. The number of hydrogen-bond acceptors (Lipinski definition) is 10. The lowest BCUT2D eigenvalue weighted by Gasteiger charge is -2.15. The van der Waals surface area contributed by atoms with Crippen LogP contribution in [0.15, 0.2) is 5.16 Å². The fraction of sp³-hybridized carbons (Fsp3) is 0.571. The quantitative estimate of drug-likeness (QED) is 0.412. The molecule has 1 unspecified atom stereocenters. The molecular formula is C21H28N4O6S2. The Labute approximate surface area is 200 Å². The van der Waals surface area contributed by atoms with Crippen LogP contribution in [-0.4, -0.2) is 65.3 Å². The van der Waals surface area contributed by atoms with Crippen molar-refractivity contribution in [2.24, 2.45) is 0 Å². The van der Waals surface area contributed by atoms with Crippen molar-refractivity contribution in [3.63, 3.8) is 0 Å². The zero-order chi connectivity index (χ0) is 24.1. The highest BCUT2D eigenvalue weighted by molar-refractivity contribution is 7.99. The van der Waals surface area contributed by atoms with Gasteiger partial charge in [0.2, 0.25) is 5.91 Å². The van der Waals surface area contributed by atoms with Crippen LogP contribution >= 0.6 is 23.1 Å². The highest BCUT2D eigenvalue weighted by Crippen LogP contribution is 2.34. The number of anilines is 1. The molecule has 33 heavy (non-hydrogen) atoms. The van der Waals surface area contributed by atoms with Gasteiger partial charge in [-0.05, 0) is 25.3 Å². The maximum Gasteiger partial charge on any atom is 0.348 e. The Kier molecular flexibility index (Phi) is 8.49. The van der Waals surface area contributed by atoms with Crippen LogP contribution in [0.5, 0.6) is 0 Å². The third-order valence-corrected chi connectivity index (χ3v) is 7.32. The van der Waals surface area contributed by atoms with Crippen molar-refractivity contribution >= 4 is 45.9 Å². The van der Waals surface area contributed by atoms with Gasteiger partial charge in [-0.15, -0.1) is 21.5 Å². The molecule has 1 atom stereocenters. The lowest BCUT2D eigenvalue weighted by molar-refractivity contribution is -0.113. The number of carbonyl (C=O) groups excluding carboxylic acids is 3. The average Bonchev–Trinajstić information content (AvgIpc) is 3.51. The van der Waals surface area contributed by atoms with Gasteiger partial charge in [0.15, 0.2) is 5.16 Å². The van der Waals surface area contributed by atoms with Crippen molar-refractivity contribution in [3.8, 4) is 0 Å². The fourth-order valence-corrected chi connectivity index (χ4v) is 5.41. The third-order valence-electron chi connectivity index (χ3n) is 5.16. The molecule has 0 aliphatic carbocycles. The fourth-order valence-electron chi connectivity index (χ4n) is 3.53. The van der Waals surface area contributed by atoms with Crippen LogP contribution < -0.4 is 5.32 Å². The molecule has 2 aromatic rings. The smallest absolute Gasteiger partial charge is 0.348 e. The first-order chi connectivity index (χ1) is 15.8. The van der Waals surface area contributed by atoms with Crippen LogP contribution in [0.2, 0.25) is 0 Å². The molecule has 0 bridgehead atoms. The van der Waals surface area contributed by atoms with Crippen LogP contribution in [-0.2, 0) is 25.5 Å². The van der Waals surface area contributed by atoms with E-state index in [0.29, 0.717) is 17.3 Å². The monoisotopic (exact) mass is 496 g/mol. The van der Waals surface area contributed by atoms with Crippen LogP contribution in [0.4, 0.5) is 5.00 Å². The van der Waals surface area contributed by atoms with E-state index in [1.807, 2.05) is 18.4 Å². The van der Waals surface area contributed by atoms with Crippen molar-refractivity contribution in [1.82, 2.24) is 14.8 Å². The van der Waals surface area contributed by atoms with Crippen molar-refractivity contribution in [1.29, 1.82) is 0 Å². The van der Waals surface area contributed by atoms with Gasteiger partial charge in [0.25, 0.3) is 0 Å². The van der Waals surface area contributed by atoms with Gasteiger partial charge < -0.3 is 24.1 Å². The predicted molar refractivity (Wildman–Crippen MR) is 124 cm³/mol. The first kappa shape index (κ1) is 25.2. The minimum Gasteiger partial charge on any atom is -0.465 e. The van der Waals surface area contributed by atoms with Crippen LogP contribution in [0.1, 0.15) is 64.0 Å². The maximum absolute atomic E-state index is 12.7. The molecule has 3 heterocycles. The van der Waals surface area contributed by atoms with Gasteiger partial charge in [-0.3, -0.25) is 4.79 Å². The summed E-state index contributed by atoms with van der Waals surface area (Å²) in [6, 6.07) is 0. The first-order valence-corrected chi connectivity index (χ1v) is 12.3. The van der Waals surface area contributed by atoms with Gasteiger partial charge in [-0.1, -0.05) is 25.6 Å². The third kappa shape index (κ3) is 5.74. The first-order valence-electron chi connectivity index (χ1n) is 10.5. The molecule has 0 radical (unpaired) electrons. The SMILES string of the molecule is COC(=O)c1sc(NC(=O)CSc2nnc(C(C)C)n2CC2CCCO2)c(C(=O)OC)c1C. The number of methoxy groups -OCH3 is 2. The maximum atomic E-state index is 12.7. The summed E-state index contributed by atoms with van der Waals surface area (Å²) in [6.45, 7) is 7.10. The number of aromatic nitrogens is 3. The molecule has 1 saturated heterocycles. The second-order valence-corrected chi connectivity index (χ2v) is 9.78. The summed E-state index contributed by atoms with van der Waals surface area (Å²) in [7, 11) is 2.50. The summed E-state index contributed by atoms with van der Waals surface area (Å²) >= 11 is 2.24. The van der Waals surface area contributed by atoms with E-state index >= 15 is 0 Å². The topological polar surface area (TPSA) is 122 Å². The number of amides is 1. The van der Waals surface area contributed by atoms with Gasteiger partial charge in [0.05, 0.1) is 38.2 Å². The molecule has 1 N–H and O–H groups in total. The van der Waals surface area contributed by atoms with E-state index in [1.165, 1.54) is 26.0 Å². The molecule has 2 aromatic heterocycles. The highest BCUT2D eigenvalue weighted by atomic mass is 32.2. The molecule has 1 fully saturated rings. The minimum absolute atomic E-state index is 0.0485. The lowest BCUT2D eigenvalue weighted by Crippen LogP contribution is -2.19. The highest BCUT2D eigenvalue weighted by Gasteiger charge is 2.27. The van der Waals surface area contributed by atoms with E-state index in [2.05, 4.69) is 15.5 Å². The van der Waals surface area contributed by atoms with Crippen molar-refractivity contribution in [2.45, 2.75) is 57.3 Å². The summed E-state index contributed by atoms with van der Waals surface area (Å²) in [5, 5.41) is 12.2. The number of nitrogens with one attached hydrogen (secondary N) is 1. The van der Waals surface area contributed by atoms with E-state index < -0.39 is 11.9 Å². The van der Waals surface area contributed by atoms with Gasteiger partial charge in [-0.25, -0.2) is 9.59 Å². The lowest BCUT2D eigenvalue weighted by atomic mass is 10.1. The number of rotatable bonds is 9. The summed E-state index contributed by atoms with van der Waals surface area (Å²) in [4.78, 5) is 37.3. The van der Waals surface area contributed by atoms with E-state index in [-0.39, 0.29) is 39.1 Å². The molecule has 3 rings (SSSR count). The van der Waals surface area contributed by atoms with E-state index in [9.17, 15) is 14.4 Å². The number of thioether (sulfide) groups is 1. The molecule has 1 aliphatic rings. The predicted octanol–water partition coefficient (Wildman–Crippen LogP) is 3.25. The number of hydrogen-bond donors (Lipinski definition) is 1. The molecule has 10 nitrogen and oxygen atoms in total. The van der Waals surface area contributed by atoms with Gasteiger partial charge in [-0.2, -0.15) is 0 Å². The Morgan fingerprint density at radius 3 is 2.58 bits per heavy atom. The van der Waals surface area contributed by atoms with E-state index in [0.717, 1.165) is 36.6 Å². The normalized spacial score (nSPS) is 15.6. The number of esters is 2. The molecule has 1 aliphatic heterocycles. The number of ether oxygens (including phenoxy) is 3. The molecule has 1 amide bonds. The summed E-state index contributed by atoms with van der Waals surface area (Å²) in [6.07, 6.45) is 2.13. The van der Waals surface area contributed by atoms with Crippen LogP contribution in [0.3, 0.4) is 0 Å². The Bertz CT molecular complexity index is 1030. The van der Waals surface area contributed by atoms with Gasteiger partial charge in [0.1, 0.15) is 15.7 Å². The zero-order valence-electron chi connectivity index (χ0n) is 19.3. The molecule has 0 aromatic carbocycles. The Morgan fingerprint density at radius 1 is 1.24 bits per heavy atom. The summed E-state index contributed by atoms with van der Waals surface area (Å²) in [5.74, 6) is -0.498. The molecule has 0 spiro atoms.